The van der Waals surface area contributed by atoms with Crippen LogP contribution in [0.5, 0.6) is 0 Å². The van der Waals surface area contributed by atoms with E-state index in [1.807, 2.05) is 17.5 Å². The third-order valence-corrected chi connectivity index (χ3v) is 2.67. The molecule has 0 radical (unpaired) electrons. The van der Waals surface area contributed by atoms with Crippen LogP contribution in [0, 0.1) is 6.92 Å². The van der Waals surface area contributed by atoms with Crippen LogP contribution in [-0.2, 0) is 0 Å². The second-order valence-electron chi connectivity index (χ2n) is 2.45. The Balaban J connectivity index is 2.93. The summed E-state index contributed by atoms with van der Waals surface area (Å²) in [5, 5.41) is 0. The number of imidazole rings is 1. The van der Waals surface area contributed by atoms with Crippen molar-refractivity contribution in [3.8, 4) is 0 Å². The van der Waals surface area contributed by atoms with Crippen molar-refractivity contribution < 1.29 is 0 Å². The minimum absolute atomic E-state index is 0.763. The van der Waals surface area contributed by atoms with Crippen LogP contribution < -0.4 is 0 Å². The van der Waals surface area contributed by atoms with Gasteiger partial charge in [0.05, 0.1) is 11.9 Å². The Labute approximate surface area is 86.1 Å². The van der Waals surface area contributed by atoms with E-state index in [1.165, 1.54) is 0 Å². The van der Waals surface area contributed by atoms with Crippen molar-refractivity contribution in [3.63, 3.8) is 0 Å². The average Bonchev–Trinajstić information content (AvgIpc) is 2.41. The standard InChI is InChI=1S/C7H5Br2N3/c1-4-3-12-5(8)2-10-6(9)7(12)11-4/h2-3H,1H3. The van der Waals surface area contributed by atoms with Gasteiger partial charge in [0.2, 0.25) is 0 Å². The lowest BCUT2D eigenvalue weighted by molar-refractivity contribution is 1.07. The molecule has 0 fully saturated rings. The number of rotatable bonds is 0. The van der Waals surface area contributed by atoms with Gasteiger partial charge in [-0.05, 0) is 38.8 Å². The predicted octanol–water partition coefficient (Wildman–Crippen LogP) is 2.56. The van der Waals surface area contributed by atoms with Gasteiger partial charge in [-0.2, -0.15) is 0 Å². The monoisotopic (exact) mass is 289 g/mol. The van der Waals surface area contributed by atoms with Crippen LogP contribution in [0.4, 0.5) is 0 Å². The Morgan fingerprint density at radius 1 is 1.42 bits per heavy atom. The molecule has 0 unspecified atom stereocenters. The van der Waals surface area contributed by atoms with Crippen LogP contribution in [0.3, 0.4) is 0 Å². The summed E-state index contributed by atoms with van der Waals surface area (Å²) in [4.78, 5) is 8.40. The van der Waals surface area contributed by atoms with Crippen molar-refractivity contribution in [1.29, 1.82) is 0 Å². The summed E-state index contributed by atoms with van der Waals surface area (Å²) in [5.74, 6) is 0. The van der Waals surface area contributed by atoms with Crippen LogP contribution in [0.15, 0.2) is 21.6 Å². The number of halogens is 2. The van der Waals surface area contributed by atoms with Gasteiger partial charge in [-0.15, -0.1) is 0 Å². The van der Waals surface area contributed by atoms with Gasteiger partial charge in [0.1, 0.15) is 9.21 Å². The van der Waals surface area contributed by atoms with E-state index in [0.29, 0.717) is 0 Å². The number of fused-ring (bicyclic) bond motifs is 1. The lowest BCUT2D eigenvalue weighted by atomic mass is 10.6. The fraction of sp³-hybridized carbons (Fsp3) is 0.143. The van der Waals surface area contributed by atoms with Crippen LogP contribution in [-0.4, -0.2) is 14.4 Å². The fourth-order valence-corrected chi connectivity index (χ4v) is 1.79. The molecule has 2 aromatic rings. The highest BCUT2D eigenvalue weighted by Gasteiger charge is 2.05. The molecule has 12 heavy (non-hydrogen) atoms. The molecule has 2 aromatic heterocycles. The maximum atomic E-state index is 4.30. The summed E-state index contributed by atoms with van der Waals surface area (Å²) in [6.45, 7) is 1.95. The van der Waals surface area contributed by atoms with E-state index in [4.69, 9.17) is 0 Å². The van der Waals surface area contributed by atoms with Gasteiger partial charge in [0.25, 0.3) is 0 Å². The van der Waals surface area contributed by atoms with Gasteiger partial charge in [-0.1, -0.05) is 0 Å². The zero-order valence-corrected chi connectivity index (χ0v) is 9.42. The highest BCUT2D eigenvalue weighted by molar-refractivity contribution is 9.11. The SMILES string of the molecule is Cc1cn2c(Br)cnc(Br)c2n1. The van der Waals surface area contributed by atoms with Crippen molar-refractivity contribution in [2.75, 3.05) is 0 Å². The maximum absolute atomic E-state index is 4.30. The Kier molecular flexibility index (Phi) is 1.92. The first kappa shape index (κ1) is 8.19. The summed E-state index contributed by atoms with van der Waals surface area (Å²) in [7, 11) is 0. The Bertz CT molecular complexity index is 396. The van der Waals surface area contributed by atoms with Crippen LogP contribution >= 0.6 is 31.9 Å². The molecule has 0 aliphatic heterocycles. The van der Waals surface area contributed by atoms with E-state index in [2.05, 4.69) is 41.8 Å². The highest BCUT2D eigenvalue weighted by atomic mass is 79.9. The quantitative estimate of drug-likeness (QED) is 0.746. The molecule has 0 amide bonds. The van der Waals surface area contributed by atoms with Gasteiger partial charge in [-0.25, -0.2) is 9.97 Å². The van der Waals surface area contributed by atoms with Crippen LogP contribution in [0.25, 0.3) is 5.65 Å². The van der Waals surface area contributed by atoms with Gasteiger partial charge < -0.3 is 0 Å². The number of nitrogens with zero attached hydrogens (tertiary/aromatic N) is 3. The molecule has 2 heterocycles. The highest BCUT2D eigenvalue weighted by Crippen LogP contribution is 2.19. The minimum atomic E-state index is 0.763. The summed E-state index contributed by atoms with van der Waals surface area (Å²) < 4.78 is 3.60. The van der Waals surface area contributed by atoms with E-state index in [9.17, 15) is 0 Å². The molecule has 0 atom stereocenters. The molecule has 3 nitrogen and oxygen atoms in total. The average molecular weight is 291 g/mol. The Morgan fingerprint density at radius 2 is 2.17 bits per heavy atom. The second-order valence-corrected chi connectivity index (χ2v) is 4.01. The van der Waals surface area contributed by atoms with E-state index in [0.717, 1.165) is 20.5 Å². The third-order valence-electron chi connectivity index (χ3n) is 1.53. The van der Waals surface area contributed by atoms with E-state index in [-0.39, 0.29) is 0 Å². The second kappa shape index (κ2) is 2.81. The van der Waals surface area contributed by atoms with Crippen LogP contribution in [0.2, 0.25) is 0 Å². The van der Waals surface area contributed by atoms with Gasteiger partial charge >= 0.3 is 0 Å². The summed E-state index contributed by atoms with van der Waals surface area (Å²) in [6, 6.07) is 0. The Morgan fingerprint density at radius 3 is 2.83 bits per heavy atom. The minimum Gasteiger partial charge on any atom is -0.290 e. The normalized spacial score (nSPS) is 10.9. The lowest BCUT2D eigenvalue weighted by Crippen LogP contribution is -1.89. The fourth-order valence-electron chi connectivity index (χ4n) is 1.04. The molecule has 0 N–H and O–H groups in total. The van der Waals surface area contributed by atoms with Crippen molar-refractivity contribution in [1.82, 2.24) is 14.4 Å². The summed E-state index contributed by atoms with van der Waals surface area (Å²) in [5.41, 5.74) is 1.81. The smallest absolute Gasteiger partial charge is 0.171 e. The first-order valence-corrected chi connectivity index (χ1v) is 4.93. The molecule has 0 spiro atoms. The molecule has 62 valence electrons. The van der Waals surface area contributed by atoms with Crippen molar-refractivity contribution >= 4 is 37.5 Å². The molecular formula is C7H5Br2N3. The molecule has 0 aliphatic rings. The predicted molar refractivity (Wildman–Crippen MR) is 53.1 cm³/mol. The topological polar surface area (TPSA) is 30.2 Å². The molecule has 5 heteroatoms. The van der Waals surface area contributed by atoms with E-state index >= 15 is 0 Å². The molecule has 0 saturated heterocycles. The van der Waals surface area contributed by atoms with Gasteiger partial charge in [0.15, 0.2) is 5.65 Å². The number of aromatic nitrogens is 3. The van der Waals surface area contributed by atoms with E-state index in [1.54, 1.807) is 6.20 Å². The maximum Gasteiger partial charge on any atom is 0.171 e. The zero-order chi connectivity index (χ0) is 8.72. The molecule has 0 aromatic carbocycles. The zero-order valence-electron chi connectivity index (χ0n) is 6.25. The van der Waals surface area contributed by atoms with Crippen LogP contribution in [0.1, 0.15) is 5.69 Å². The first-order valence-electron chi connectivity index (χ1n) is 3.34. The lowest BCUT2D eigenvalue weighted by Gasteiger charge is -1.96. The van der Waals surface area contributed by atoms with Gasteiger partial charge in [-0.3, -0.25) is 4.40 Å². The molecule has 0 bridgehead atoms. The Hall–Kier alpha value is -0.420. The summed E-state index contributed by atoms with van der Waals surface area (Å²) >= 11 is 6.71. The number of hydrogen-bond donors (Lipinski definition) is 0. The summed E-state index contributed by atoms with van der Waals surface area (Å²) in [6.07, 6.45) is 3.68. The molecule has 0 aliphatic carbocycles. The van der Waals surface area contributed by atoms with E-state index < -0.39 is 0 Å². The number of hydrogen-bond acceptors (Lipinski definition) is 2. The van der Waals surface area contributed by atoms with Crippen molar-refractivity contribution in [2.24, 2.45) is 0 Å². The molecular weight excluding hydrogens is 286 g/mol. The van der Waals surface area contributed by atoms with Gasteiger partial charge in [0, 0.05) is 6.20 Å². The van der Waals surface area contributed by atoms with Crippen molar-refractivity contribution in [2.45, 2.75) is 6.92 Å². The molecule has 0 saturated carbocycles. The largest absolute Gasteiger partial charge is 0.290 e. The first-order chi connectivity index (χ1) is 5.68. The third kappa shape index (κ3) is 1.17. The molecule has 2 rings (SSSR count). The number of aryl methyl sites for hydroxylation is 1. The van der Waals surface area contributed by atoms with Crippen molar-refractivity contribution in [3.05, 3.63) is 27.3 Å².